The lowest BCUT2D eigenvalue weighted by atomic mass is 10.0. The predicted octanol–water partition coefficient (Wildman–Crippen LogP) is 8.45. The van der Waals surface area contributed by atoms with Gasteiger partial charge in [-0.15, -0.1) is 0 Å². The summed E-state index contributed by atoms with van der Waals surface area (Å²) in [6, 6.07) is 30.4. The molecule has 7 heteroatoms. The van der Waals surface area contributed by atoms with E-state index in [0.717, 1.165) is 33.2 Å². The summed E-state index contributed by atoms with van der Waals surface area (Å²) in [6.07, 6.45) is -0.922. The van der Waals surface area contributed by atoms with Crippen LogP contribution in [-0.4, -0.2) is 19.2 Å². The van der Waals surface area contributed by atoms with E-state index in [9.17, 15) is 9.59 Å². The summed E-state index contributed by atoms with van der Waals surface area (Å²) in [5.74, 6) is 0.253. The smallest absolute Gasteiger partial charge is 0.412 e. The highest BCUT2D eigenvalue weighted by atomic mass is 35.5. The van der Waals surface area contributed by atoms with Crippen molar-refractivity contribution >= 4 is 40.3 Å². The minimum absolute atomic E-state index is 0.233. The summed E-state index contributed by atoms with van der Waals surface area (Å²) in [4.78, 5) is 24.5. The van der Waals surface area contributed by atoms with Crippen LogP contribution in [0.3, 0.4) is 0 Å². The lowest BCUT2D eigenvalue weighted by Crippen LogP contribution is -2.16. The molecule has 1 heterocycles. The van der Waals surface area contributed by atoms with Gasteiger partial charge in [-0.25, -0.2) is 4.79 Å². The average molecular weight is 540 g/mol. The van der Waals surface area contributed by atoms with Crippen molar-refractivity contribution in [3.63, 3.8) is 0 Å². The van der Waals surface area contributed by atoms with Crippen LogP contribution in [0.15, 0.2) is 101 Å². The monoisotopic (exact) mass is 539 g/mol. The van der Waals surface area contributed by atoms with Crippen molar-refractivity contribution < 1.29 is 23.5 Å². The van der Waals surface area contributed by atoms with Gasteiger partial charge >= 0.3 is 12.1 Å². The van der Waals surface area contributed by atoms with Gasteiger partial charge < -0.3 is 13.9 Å². The molecule has 0 aliphatic rings. The van der Waals surface area contributed by atoms with E-state index in [1.165, 1.54) is 7.11 Å². The molecule has 0 bridgehead atoms. The standard InChI is InChI=1S/C32H26ClNO5/c1-20(25-7-3-5-9-27(25)33)38-32(36)34-30-26-8-4-6-10-28(26)39-31(30)24-17-15-23(16-18-24)22-13-11-21(12-14-22)19-29(35)37-2/h3-18,20H,19H2,1-2H3,(H,34,36)/t20-/m1/s1. The molecular formula is C32H26ClNO5. The lowest BCUT2D eigenvalue weighted by molar-refractivity contribution is -0.139. The fourth-order valence-electron chi connectivity index (χ4n) is 4.40. The normalized spacial score (nSPS) is 11.7. The number of esters is 1. The van der Waals surface area contributed by atoms with Crippen LogP contribution in [0.2, 0.25) is 5.02 Å². The molecule has 0 aliphatic carbocycles. The minimum atomic E-state index is -0.612. The molecule has 5 rings (SSSR count). The molecule has 0 unspecified atom stereocenters. The number of hydrogen-bond donors (Lipinski definition) is 1. The number of rotatable bonds is 7. The van der Waals surface area contributed by atoms with E-state index >= 15 is 0 Å². The molecule has 1 atom stereocenters. The first-order valence-electron chi connectivity index (χ1n) is 12.4. The number of carbonyl (C=O) groups excluding carboxylic acids is 2. The molecule has 1 aromatic heterocycles. The van der Waals surface area contributed by atoms with E-state index in [1.807, 2.05) is 91.0 Å². The number of benzene rings is 4. The van der Waals surface area contributed by atoms with Crippen molar-refractivity contribution in [2.45, 2.75) is 19.4 Å². The largest absolute Gasteiger partial charge is 0.469 e. The molecule has 0 saturated heterocycles. The molecule has 0 aliphatic heterocycles. The molecule has 1 N–H and O–H groups in total. The minimum Gasteiger partial charge on any atom is -0.469 e. The fourth-order valence-corrected chi connectivity index (χ4v) is 4.69. The van der Waals surface area contributed by atoms with Crippen LogP contribution < -0.4 is 5.32 Å². The Labute approximate surface area is 231 Å². The molecule has 39 heavy (non-hydrogen) atoms. The van der Waals surface area contributed by atoms with E-state index in [-0.39, 0.29) is 12.4 Å². The van der Waals surface area contributed by atoms with E-state index in [0.29, 0.717) is 22.1 Å². The SMILES string of the molecule is COC(=O)Cc1ccc(-c2ccc(-c3oc4ccccc4c3NC(=O)O[C@H](C)c3ccccc3Cl)cc2)cc1. The highest BCUT2D eigenvalue weighted by Crippen LogP contribution is 2.39. The summed E-state index contributed by atoms with van der Waals surface area (Å²) in [6.45, 7) is 1.77. The van der Waals surface area contributed by atoms with Crippen molar-refractivity contribution in [3.05, 3.63) is 113 Å². The van der Waals surface area contributed by atoms with Gasteiger partial charge in [-0.1, -0.05) is 90.5 Å². The van der Waals surface area contributed by atoms with Gasteiger partial charge in [-0.2, -0.15) is 0 Å². The van der Waals surface area contributed by atoms with Crippen molar-refractivity contribution in [1.82, 2.24) is 0 Å². The maximum absolute atomic E-state index is 12.9. The second-order valence-corrected chi connectivity index (χ2v) is 9.43. The van der Waals surface area contributed by atoms with E-state index < -0.39 is 12.2 Å². The Morgan fingerprint density at radius 2 is 1.46 bits per heavy atom. The second kappa shape index (κ2) is 11.5. The molecule has 0 spiro atoms. The number of amides is 1. The number of methoxy groups -OCH3 is 1. The Morgan fingerprint density at radius 3 is 2.15 bits per heavy atom. The van der Waals surface area contributed by atoms with Crippen LogP contribution >= 0.6 is 11.6 Å². The molecule has 1 amide bonds. The van der Waals surface area contributed by atoms with Crippen molar-refractivity contribution in [1.29, 1.82) is 0 Å². The Bertz CT molecular complexity index is 1620. The number of furan rings is 1. The summed E-state index contributed by atoms with van der Waals surface area (Å²) >= 11 is 6.27. The number of para-hydroxylation sites is 1. The Morgan fingerprint density at radius 1 is 0.846 bits per heavy atom. The number of ether oxygens (including phenoxy) is 2. The fraction of sp³-hybridized carbons (Fsp3) is 0.125. The van der Waals surface area contributed by atoms with E-state index in [4.69, 9.17) is 25.5 Å². The van der Waals surface area contributed by atoms with Gasteiger partial charge in [0.05, 0.1) is 19.2 Å². The van der Waals surface area contributed by atoms with Gasteiger partial charge in [0.2, 0.25) is 0 Å². The molecule has 0 saturated carbocycles. The summed E-state index contributed by atoms with van der Waals surface area (Å²) in [5, 5.41) is 4.19. The third kappa shape index (κ3) is 5.81. The van der Waals surface area contributed by atoms with Crippen LogP contribution in [0.1, 0.15) is 24.2 Å². The van der Waals surface area contributed by atoms with Crippen LogP contribution in [-0.2, 0) is 20.7 Å². The number of carbonyl (C=O) groups is 2. The van der Waals surface area contributed by atoms with Gasteiger partial charge in [0.25, 0.3) is 0 Å². The summed E-state index contributed by atoms with van der Waals surface area (Å²) < 4.78 is 16.5. The van der Waals surface area contributed by atoms with Crippen LogP contribution in [0.25, 0.3) is 33.4 Å². The molecule has 0 radical (unpaired) electrons. The quantitative estimate of drug-likeness (QED) is 0.210. The summed E-state index contributed by atoms with van der Waals surface area (Å²) in [5.41, 5.74) is 5.59. The number of nitrogens with one attached hydrogen (secondary N) is 1. The first-order valence-corrected chi connectivity index (χ1v) is 12.8. The van der Waals surface area contributed by atoms with Gasteiger partial charge in [0.15, 0.2) is 5.76 Å². The highest BCUT2D eigenvalue weighted by molar-refractivity contribution is 6.31. The summed E-state index contributed by atoms with van der Waals surface area (Å²) in [7, 11) is 1.38. The molecule has 5 aromatic rings. The number of fused-ring (bicyclic) bond motifs is 1. The van der Waals surface area contributed by atoms with Crippen molar-refractivity contribution in [2.24, 2.45) is 0 Å². The molecule has 6 nitrogen and oxygen atoms in total. The zero-order chi connectivity index (χ0) is 27.4. The third-order valence-electron chi connectivity index (χ3n) is 6.46. The topological polar surface area (TPSA) is 77.8 Å². The third-order valence-corrected chi connectivity index (χ3v) is 6.80. The van der Waals surface area contributed by atoms with Gasteiger partial charge in [0, 0.05) is 21.5 Å². The van der Waals surface area contributed by atoms with Crippen molar-refractivity contribution in [3.8, 4) is 22.5 Å². The number of anilines is 1. The molecule has 196 valence electrons. The second-order valence-electron chi connectivity index (χ2n) is 9.02. The van der Waals surface area contributed by atoms with Crippen LogP contribution in [0.4, 0.5) is 10.5 Å². The number of hydrogen-bond acceptors (Lipinski definition) is 5. The van der Waals surface area contributed by atoms with Crippen molar-refractivity contribution in [2.75, 3.05) is 12.4 Å². The maximum atomic E-state index is 12.9. The van der Waals surface area contributed by atoms with Crippen LogP contribution in [0.5, 0.6) is 0 Å². The number of halogens is 1. The Hall–Kier alpha value is -4.55. The molecular weight excluding hydrogens is 514 g/mol. The van der Waals surface area contributed by atoms with E-state index in [2.05, 4.69) is 5.32 Å². The van der Waals surface area contributed by atoms with Crippen LogP contribution in [0, 0.1) is 0 Å². The maximum Gasteiger partial charge on any atom is 0.412 e. The van der Waals surface area contributed by atoms with Gasteiger partial charge in [-0.3, -0.25) is 10.1 Å². The predicted molar refractivity (Wildman–Crippen MR) is 153 cm³/mol. The van der Waals surface area contributed by atoms with E-state index in [1.54, 1.807) is 13.0 Å². The van der Waals surface area contributed by atoms with Gasteiger partial charge in [-0.05, 0) is 41.8 Å². The lowest BCUT2D eigenvalue weighted by Gasteiger charge is -2.15. The first-order chi connectivity index (χ1) is 18.9. The molecule has 4 aromatic carbocycles. The average Bonchev–Trinajstić information content (AvgIpc) is 3.31. The van der Waals surface area contributed by atoms with Gasteiger partial charge in [0.1, 0.15) is 11.7 Å². The Balaban J connectivity index is 1.39. The zero-order valence-electron chi connectivity index (χ0n) is 21.4. The first kappa shape index (κ1) is 26.1. The Kier molecular flexibility index (Phi) is 7.66. The molecule has 0 fully saturated rings. The zero-order valence-corrected chi connectivity index (χ0v) is 22.2. The highest BCUT2D eigenvalue weighted by Gasteiger charge is 2.21.